The lowest BCUT2D eigenvalue weighted by Crippen LogP contribution is -2.36. The average molecular weight is 225 g/mol. The molecule has 0 aromatic carbocycles. The average Bonchev–Trinajstić information content (AvgIpc) is 2.30. The van der Waals surface area contributed by atoms with Crippen LogP contribution in [0.2, 0.25) is 0 Å². The molecule has 0 aliphatic rings. The highest BCUT2D eigenvalue weighted by molar-refractivity contribution is 4.77. The van der Waals surface area contributed by atoms with Crippen LogP contribution in [0.3, 0.4) is 0 Å². The molecule has 0 spiro atoms. The van der Waals surface area contributed by atoms with Gasteiger partial charge in [0.2, 0.25) is 0 Å². The van der Waals surface area contributed by atoms with Crippen LogP contribution in [0.1, 0.15) is 65.7 Å². The minimum Gasteiger partial charge on any atom is -0.314 e. The molecule has 0 rings (SSSR count). The van der Waals surface area contributed by atoms with Crippen LogP contribution in [-0.2, 0) is 0 Å². The number of hydrogen-bond donors (Lipinski definition) is 1. The van der Waals surface area contributed by atoms with Crippen LogP contribution in [0.15, 0.2) is 12.7 Å². The minimum atomic E-state index is 0.724. The lowest BCUT2D eigenvalue weighted by Gasteiger charge is -2.27. The van der Waals surface area contributed by atoms with Crippen LogP contribution in [0, 0.1) is 5.92 Å². The molecule has 1 nitrogen and oxygen atoms in total. The quantitative estimate of drug-likeness (QED) is 0.402. The molecule has 2 unspecified atom stereocenters. The zero-order chi connectivity index (χ0) is 12.2. The lowest BCUT2D eigenvalue weighted by atomic mass is 9.88. The van der Waals surface area contributed by atoms with Crippen molar-refractivity contribution < 1.29 is 0 Å². The van der Waals surface area contributed by atoms with Gasteiger partial charge < -0.3 is 5.32 Å². The van der Waals surface area contributed by atoms with Gasteiger partial charge in [0.25, 0.3) is 0 Å². The summed E-state index contributed by atoms with van der Waals surface area (Å²) in [5.41, 5.74) is 0. The zero-order valence-corrected chi connectivity index (χ0v) is 11.6. The summed E-state index contributed by atoms with van der Waals surface area (Å²) in [5, 5.41) is 3.67. The normalized spacial score (nSPS) is 14.7. The number of nitrogens with one attached hydrogen (secondary N) is 1. The summed E-state index contributed by atoms with van der Waals surface area (Å²) in [6.45, 7) is 11.7. The molecule has 96 valence electrons. The number of unbranched alkanes of at least 4 members (excludes halogenated alkanes) is 2. The second kappa shape index (κ2) is 11.2. The molecule has 0 amide bonds. The van der Waals surface area contributed by atoms with Gasteiger partial charge in [0.05, 0.1) is 0 Å². The van der Waals surface area contributed by atoms with Crippen LogP contribution in [0.5, 0.6) is 0 Å². The van der Waals surface area contributed by atoms with Crippen LogP contribution in [-0.4, -0.2) is 12.6 Å². The van der Waals surface area contributed by atoms with E-state index in [4.69, 9.17) is 0 Å². The number of hydrogen-bond acceptors (Lipinski definition) is 1. The maximum atomic E-state index is 3.80. The van der Waals surface area contributed by atoms with Gasteiger partial charge >= 0.3 is 0 Å². The molecule has 0 heterocycles. The van der Waals surface area contributed by atoms with Crippen LogP contribution in [0.25, 0.3) is 0 Å². The van der Waals surface area contributed by atoms with Gasteiger partial charge in [0.1, 0.15) is 0 Å². The van der Waals surface area contributed by atoms with Gasteiger partial charge in [-0.05, 0) is 38.1 Å². The van der Waals surface area contributed by atoms with Crippen molar-refractivity contribution in [2.75, 3.05) is 6.54 Å². The lowest BCUT2D eigenvalue weighted by molar-refractivity contribution is 0.303. The second-order valence-electron chi connectivity index (χ2n) is 4.69. The van der Waals surface area contributed by atoms with E-state index in [1.54, 1.807) is 0 Å². The molecule has 16 heavy (non-hydrogen) atoms. The molecule has 0 aromatic rings. The maximum absolute atomic E-state index is 3.80. The Balaban J connectivity index is 4.04. The third-order valence-corrected chi connectivity index (χ3v) is 3.41. The van der Waals surface area contributed by atoms with Gasteiger partial charge in [-0.1, -0.05) is 46.1 Å². The van der Waals surface area contributed by atoms with E-state index in [1.165, 1.54) is 38.5 Å². The van der Waals surface area contributed by atoms with Crippen molar-refractivity contribution in [3.63, 3.8) is 0 Å². The van der Waals surface area contributed by atoms with Gasteiger partial charge in [0.15, 0.2) is 0 Å². The van der Waals surface area contributed by atoms with E-state index in [-0.39, 0.29) is 0 Å². The summed E-state index contributed by atoms with van der Waals surface area (Å²) >= 11 is 0. The Kier molecular flexibility index (Phi) is 11.0. The second-order valence-corrected chi connectivity index (χ2v) is 4.69. The first-order chi connectivity index (χ1) is 7.79. The largest absolute Gasteiger partial charge is 0.314 e. The fourth-order valence-corrected chi connectivity index (χ4v) is 2.40. The Labute approximate surface area is 103 Å². The fraction of sp³-hybridized carbons (Fsp3) is 0.867. The van der Waals surface area contributed by atoms with E-state index in [0.717, 1.165) is 24.9 Å². The Morgan fingerprint density at radius 1 is 1.12 bits per heavy atom. The van der Waals surface area contributed by atoms with Crippen molar-refractivity contribution in [3.05, 3.63) is 12.7 Å². The Morgan fingerprint density at radius 2 is 1.88 bits per heavy atom. The molecule has 1 heteroatoms. The Bertz CT molecular complexity index is 154. The Hall–Kier alpha value is -0.300. The van der Waals surface area contributed by atoms with Gasteiger partial charge in [-0.15, -0.1) is 6.58 Å². The van der Waals surface area contributed by atoms with Crippen molar-refractivity contribution in [2.24, 2.45) is 5.92 Å². The molecular formula is C15H31N. The van der Waals surface area contributed by atoms with E-state index in [0.29, 0.717) is 0 Å². The van der Waals surface area contributed by atoms with Crippen molar-refractivity contribution in [1.82, 2.24) is 5.32 Å². The molecule has 0 saturated heterocycles. The first kappa shape index (κ1) is 15.7. The molecule has 0 bridgehead atoms. The summed E-state index contributed by atoms with van der Waals surface area (Å²) in [6.07, 6.45) is 11.2. The van der Waals surface area contributed by atoms with E-state index >= 15 is 0 Å². The Morgan fingerprint density at radius 3 is 2.38 bits per heavy atom. The summed E-state index contributed by atoms with van der Waals surface area (Å²) in [7, 11) is 0. The van der Waals surface area contributed by atoms with Crippen LogP contribution >= 0.6 is 0 Å². The molecule has 0 aliphatic heterocycles. The van der Waals surface area contributed by atoms with E-state index in [9.17, 15) is 0 Å². The topological polar surface area (TPSA) is 12.0 Å². The molecule has 1 N–H and O–H groups in total. The molecular weight excluding hydrogens is 194 g/mol. The molecule has 0 aliphatic carbocycles. The highest BCUT2D eigenvalue weighted by atomic mass is 14.9. The SMILES string of the molecule is C=CCCCC(NCC)C(CC)CCCC. The molecule has 0 aromatic heterocycles. The highest BCUT2D eigenvalue weighted by Gasteiger charge is 2.17. The number of allylic oxidation sites excluding steroid dienone is 1. The third-order valence-electron chi connectivity index (χ3n) is 3.41. The van der Waals surface area contributed by atoms with E-state index in [1.807, 2.05) is 6.08 Å². The van der Waals surface area contributed by atoms with Crippen molar-refractivity contribution in [2.45, 2.75) is 71.8 Å². The predicted molar refractivity (Wildman–Crippen MR) is 74.8 cm³/mol. The monoisotopic (exact) mass is 225 g/mol. The van der Waals surface area contributed by atoms with E-state index < -0.39 is 0 Å². The highest BCUT2D eigenvalue weighted by Crippen LogP contribution is 2.20. The van der Waals surface area contributed by atoms with Gasteiger partial charge in [-0.25, -0.2) is 0 Å². The molecule has 2 atom stereocenters. The van der Waals surface area contributed by atoms with Crippen molar-refractivity contribution in [1.29, 1.82) is 0 Å². The smallest absolute Gasteiger partial charge is 0.00952 e. The van der Waals surface area contributed by atoms with Crippen molar-refractivity contribution in [3.8, 4) is 0 Å². The summed E-state index contributed by atoms with van der Waals surface area (Å²) in [5.74, 6) is 0.865. The first-order valence-corrected chi connectivity index (χ1v) is 7.14. The predicted octanol–water partition coefficient (Wildman–Crippen LogP) is 4.54. The fourth-order valence-electron chi connectivity index (χ4n) is 2.40. The maximum Gasteiger partial charge on any atom is 0.00952 e. The first-order valence-electron chi connectivity index (χ1n) is 7.14. The van der Waals surface area contributed by atoms with Gasteiger partial charge in [-0.3, -0.25) is 0 Å². The standard InChI is InChI=1S/C15H31N/c1-5-9-11-13-15(16-8-4)14(7-3)12-10-6-2/h5,14-16H,1,6-13H2,2-4H3. The van der Waals surface area contributed by atoms with Gasteiger partial charge in [-0.2, -0.15) is 0 Å². The summed E-state index contributed by atoms with van der Waals surface area (Å²) in [4.78, 5) is 0. The molecule has 0 radical (unpaired) electrons. The molecule has 0 saturated carbocycles. The molecule has 0 fully saturated rings. The van der Waals surface area contributed by atoms with E-state index in [2.05, 4.69) is 32.7 Å². The number of rotatable bonds is 11. The van der Waals surface area contributed by atoms with Gasteiger partial charge in [0, 0.05) is 6.04 Å². The van der Waals surface area contributed by atoms with Crippen LogP contribution in [0.4, 0.5) is 0 Å². The van der Waals surface area contributed by atoms with Crippen molar-refractivity contribution >= 4 is 0 Å². The zero-order valence-electron chi connectivity index (χ0n) is 11.6. The summed E-state index contributed by atoms with van der Waals surface area (Å²) < 4.78 is 0. The minimum absolute atomic E-state index is 0.724. The van der Waals surface area contributed by atoms with Crippen LogP contribution < -0.4 is 5.32 Å². The summed E-state index contributed by atoms with van der Waals surface area (Å²) in [6, 6.07) is 0.724. The third kappa shape index (κ3) is 7.05.